The predicted molar refractivity (Wildman–Crippen MR) is 77.3 cm³/mol. The lowest BCUT2D eigenvalue weighted by Crippen LogP contribution is -2.31. The number of nitrogens with one attached hydrogen (secondary N) is 1. The first kappa shape index (κ1) is 13.4. The van der Waals surface area contributed by atoms with E-state index in [-0.39, 0.29) is 11.8 Å². The van der Waals surface area contributed by atoms with E-state index < -0.39 is 0 Å². The molecule has 100 valence electrons. The number of carbonyl (C=O) groups excluding carboxylic acids is 1. The second-order valence-corrected chi connectivity index (χ2v) is 4.80. The first-order valence-electron chi connectivity index (χ1n) is 6.56. The average molecular weight is 257 g/mol. The largest absolute Gasteiger partial charge is 0.492 e. The summed E-state index contributed by atoms with van der Waals surface area (Å²) in [6.07, 6.45) is 0. The normalized spacial score (nSPS) is 10.7. The first-order chi connectivity index (χ1) is 9.16. The highest BCUT2D eigenvalue weighted by atomic mass is 16.5. The number of hydrogen-bond donors (Lipinski definition) is 1. The Balaban J connectivity index is 1.86. The predicted octanol–water partition coefficient (Wildman–Crippen LogP) is 2.99. The fourth-order valence-electron chi connectivity index (χ4n) is 1.80. The van der Waals surface area contributed by atoms with Gasteiger partial charge in [-0.05, 0) is 22.9 Å². The van der Waals surface area contributed by atoms with E-state index in [2.05, 4.69) is 17.4 Å². The van der Waals surface area contributed by atoms with E-state index in [9.17, 15) is 4.79 Å². The molecule has 3 heteroatoms. The molecular weight excluding hydrogens is 238 g/mol. The minimum absolute atomic E-state index is 0.0145. The fraction of sp³-hybridized carbons (Fsp3) is 0.312. The van der Waals surface area contributed by atoms with Crippen LogP contribution in [0.5, 0.6) is 5.75 Å². The number of amides is 1. The van der Waals surface area contributed by atoms with Crippen molar-refractivity contribution in [3.05, 3.63) is 42.5 Å². The molecule has 0 unspecified atom stereocenters. The third-order valence-corrected chi connectivity index (χ3v) is 2.92. The molecule has 0 radical (unpaired) electrons. The van der Waals surface area contributed by atoms with E-state index in [1.165, 1.54) is 5.39 Å². The molecule has 19 heavy (non-hydrogen) atoms. The van der Waals surface area contributed by atoms with Gasteiger partial charge in [0.05, 0.1) is 6.54 Å². The van der Waals surface area contributed by atoms with Crippen molar-refractivity contribution in [2.24, 2.45) is 5.92 Å². The van der Waals surface area contributed by atoms with E-state index in [1.54, 1.807) is 0 Å². The zero-order valence-corrected chi connectivity index (χ0v) is 11.3. The molecule has 1 N–H and O–H groups in total. The van der Waals surface area contributed by atoms with Crippen molar-refractivity contribution in [2.45, 2.75) is 13.8 Å². The van der Waals surface area contributed by atoms with E-state index in [0.717, 1.165) is 11.1 Å². The lowest BCUT2D eigenvalue weighted by Gasteiger charge is -2.09. The molecule has 2 rings (SSSR count). The van der Waals surface area contributed by atoms with Gasteiger partial charge >= 0.3 is 0 Å². The maximum atomic E-state index is 11.4. The third-order valence-electron chi connectivity index (χ3n) is 2.92. The summed E-state index contributed by atoms with van der Waals surface area (Å²) in [5.41, 5.74) is 0. The van der Waals surface area contributed by atoms with Crippen LogP contribution in [-0.2, 0) is 4.79 Å². The maximum absolute atomic E-state index is 11.4. The Hall–Kier alpha value is -2.03. The summed E-state index contributed by atoms with van der Waals surface area (Å²) in [5, 5.41) is 5.18. The summed E-state index contributed by atoms with van der Waals surface area (Å²) in [4.78, 5) is 11.4. The van der Waals surface area contributed by atoms with Crippen LogP contribution in [0.4, 0.5) is 0 Å². The van der Waals surface area contributed by atoms with E-state index in [0.29, 0.717) is 13.2 Å². The number of fused-ring (bicyclic) bond motifs is 1. The summed E-state index contributed by atoms with van der Waals surface area (Å²) in [5.74, 6) is 0.903. The van der Waals surface area contributed by atoms with Crippen molar-refractivity contribution in [2.75, 3.05) is 13.2 Å². The van der Waals surface area contributed by atoms with Gasteiger partial charge in [-0.15, -0.1) is 0 Å². The molecular formula is C16H19NO2. The molecule has 0 aliphatic rings. The number of benzene rings is 2. The van der Waals surface area contributed by atoms with Crippen molar-refractivity contribution >= 4 is 16.7 Å². The van der Waals surface area contributed by atoms with Crippen LogP contribution in [0.2, 0.25) is 0 Å². The molecule has 2 aromatic rings. The molecule has 3 nitrogen and oxygen atoms in total. The Bertz CT molecular complexity index is 563. The van der Waals surface area contributed by atoms with Gasteiger partial charge in [-0.1, -0.05) is 44.2 Å². The van der Waals surface area contributed by atoms with Gasteiger partial charge in [0, 0.05) is 5.92 Å². The number of hydrogen-bond acceptors (Lipinski definition) is 2. The van der Waals surface area contributed by atoms with Crippen LogP contribution < -0.4 is 10.1 Å². The third kappa shape index (κ3) is 3.71. The molecule has 0 saturated heterocycles. The fourth-order valence-corrected chi connectivity index (χ4v) is 1.80. The van der Waals surface area contributed by atoms with Crippen molar-refractivity contribution < 1.29 is 9.53 Å². The molecule has 0 aliphatic carbocycles. The van der Waals surface area contributed by atoms with E-state index in [1.807, 2.05) is 44.2 Å². The Kier molecular flexibility index (Phi) is 4.39. The summed E-state index contributed by atoms with van der Waals surface area (Å²) >= 11 is 0. The Morgan fingerprint density at radius 3 is 2.63 bits per heavy atom. The Labute approximate surface area is 113 Å². The van der Waals surface area contributed by atoms with Gasteiger partial charge in [-0.3, -0.25) is 4.79 Å². The number of ether oxygens (including phenoxy) is 1. The van der Waals surface area contributed by atoms with Gasteiger partial charge in [-0.25, -0.2) is 0 Å². The quantitative estimate of drug-likeness (QED) is 0.836. The molecule has 0 spiro atoms. The highest BCUT2D eigenvalue weighted by molar-refractivity contribution is 5.83. The summed E-state index contributed by atoms with van der Waals surface area (Å²) in [6.45, 7) is 4.76. The van der Waals surface area contributed by atoms with Crippen LogP contribution in [0, 0.1) is 5.92 Å². The molecule has 0 heterocycles. The van der Waals surface area contributed by atoms with Crippen LogP contribution in [0.25, 0.3) is 10.8 Å². The monoisotopic (exact) mass is 257 g/mol. The maximum Gasteiger partial charge on any atom is 0.222 e. The SMILES string of the molecule is CC(C)C(=O)NCCOc1ccc2ccccc2c1. The summed E-state index contributed by atoms with van der Waals surface area (Å²) in [7, 11) is 0. The van der Waals surface area contributed by atoms with Crippen LogP contribution in [0.1, 0.15) is 13.8 Å². The zero-order valence-electron chi connectivity index (χ0n) is 11.3. The van der Waals surface area contributed by atoms with Gasteiger partial charge in [0.15, 0.2) is 0 Å². The van der Waals surface area contributed by atoms with Gasteiger partial charge in [-0.2, -0.15) is 0 Å². The topological polar surface area (TPSA) is 38.3 Å². The van der Waals surface area contributed by atoms with Gasteiger partial charge in [0.2, 0.25) is 5.91 Å². The minimum atomic E-state index is 0.0145. The zero-order chi connectivity index (χ0) is 13.7. The van der Waals surface area contributed by atoms with Crippen molar-refractivity contribution in [3.63, 3.8) is 0 Å². The second kappa shape index (κ2) is 6.23. The molecule has 0 fully saturated rings. The molecule has 0 aromatic heterocycles. The van der Waals surface area contributed by atoms with Gasteiger partial charge in [0.1, 0.15) is 12.4 Å². The second-order valence-electron chi connectivity index (χ2n) is 4.80. The highest BCUT2D eigenvalue weighted by Crippen LogP contribution is 2.20. The Morgan fingerprint density at radius 1 is 1.16 bits per heavy atom. The summed E-state index contributed by atoms with van der Waals surface area (Å²) in [6, 6.07) is 14.2. The van der Waals surface area contributed by atoms with Gasteiger partial charge in [0.25, 0.3) is 0 Å². The van der Waals surface area contributed by atoms with Crippen LogP contribution in [-0.4, -0.2) is 19.1 Å². The number of carbonyl (C=O) groups is 1. The van der Waals surface area contributed by atoms with Crippen LogP contribution in [0.15, 0.2) is 42.5 Å². The summed E-state index contributed by atoms with van der Waals surface area (Å²) < 4.78 is 5.63. The standard InChI is InChI=1S/C16H19NO2/c1-12(2)16(18)17-9-10-19-15-8-7-13-5-3-4-6-14(13)11-15/h3-8,11-12H,9-10H2,1-2H3,(H,17,18). The van der Waals surface area contributed by atoms with E-state index in [4.69, 9.17) is 4.74 Å². The first-order valence-corrected chi connectivity index (χ1v) is 6.56. The van der Waals surface area contributed by atoms with E-state index >= 15 is 0 Å². The molecule has 0 atom stereocenters. The number of rotatable bonds is 5. The highest BCUT2D eigenvalue weighted by Gasteiger charge is 2.05. The average Bonchev–Trinajstić information content (AvgIpc) is 2.43. The van der Waals surface area contributed by atoms with Crippen molar-refractivity contribution in [1.82, 2.24) is 5.32 Å². The van der Waals surface area contributed by atoms with Crippen LogP contribution >= 0.6 is 0 Å². The van der Waals surface area contributed by atoms with Gasteiger partial charge < -0.3 is 10.1 Å². The molecule has 0 bridgehead atoms. The molecule has 2 aromatic carbocycles. The minimum Gasteiger partial charge on any atom is -0.492 e. The Morgan fingerprint density at radius 2 is 1.89 bits per heavy atom. The molecule has 0 saturated carbocycles. The molecule has 1 amide bonds. The lowest BCUT2D eigenvalue weighted by atomic mass is 10.1. The van der Waals surface area contributed by atoms with Crippen molar-refractivity contribution in [3.8, 4) is 5.75 Å². The van der Waals surface area contributed by atoms with Crippen molar-refractivity contribution in [1.29, 1.82) is 0 Å². The smallest absolute Gasteiger partial charge is 0.222 e. The van der Waals surface area contributed by atoms with Crippen LogP contribution in [0.3, 0.4) is 0 Å². The molecule has 0 aliphatic heterocycles. The lowest BCUT2D eigenvalue weighted by molar-refractivity contribution is -0.124.